The Bertz CT molecular complexity index is 1270. The van der Waals surface area contributed by atoms with E-state index < -0.39 is 41.5 Å². The van der Waals surface area contributed by atoms with Crippen LogP contribution in [0.1, 0.15) is 50.2 Å². The van der Waals surface area contributed by atoms with Crippen molar-refractivity contribution in [2.24, 2.45) is 11.0 Å². The zero-order valence-corrected chi connectivity index (χ0v) is 23.1. The highest BCUT2D eigenvalue weighted by molar-refractivity contribution is 6.30. The van der Waals surface area contributed by atoms with E-state index in [-0.39, 0.29) is 36.6 Å². The van der Waals surface area contributed by atoms with E-state index in [0.717, 1.165) is 16.7 Å². The summed E-state index contributed by atoms with van der Waals surface area (Å²) in [6.45, 7) is 4.44. The van der Waals surface area contributed by atoms with Gasteiger partial charge in [0.05, 0.1) is 30.7 Å². The van der Waals surface area contributed by atoms with E-state index in [4.69, 9.17) is 26.6 Å². The highest BCUT2D eigenvalue weighted by atomic mass is 35.5. The lowest BCUT2D eigenvalue weighted by molar-refractivity contribution is -0.276. The fourth-order valence-corrected chi connectivity index (χ4v) is 5.75. The topological polar surface area (TPSA) is 154 Å². The third-order valence-electron chi connectivity index (χ3n) is 7.58. The fourth-order valence-electron chi connectivity index (χ4n) is 5.63. The van der Waals surface area contributed by atoms with Crippen LogP contribution in [0.5, 0.6) is 0 Å². The molecule has 2 aromatic rings. The van der Waals surface area contributed by atoms with Crippen molar-refractivity contribution >= 4 is 29.3 Å². The lowest BCUT2D eigenvalue weighted by Crippen LogP contribution is -2.53. The van der Waals surface area contributed by atoms with Crippen LogP contribution in [0, 0.1) is 17.3 Å². The summed E-state index contributed by atoms with van der Waals surface area (Å²) in [7, 11) is 0. The minimum absolute atomic E-state index is 0.0163. The number of nitrogens with zero attached hydrogens (tertiary/aromatic N) is 4. The third-order valence-corrected chi connectivity index (χ3v) is 7.83. The number of halogens is 2. The average molecular weight is 575 g/mol. The van der Waals surface area contributed by atoms with Crippen LogP contribution in [0.2, 0.25) is 5.02 Å². The second-order valence-electron chi connectivity index (χ2n) is 10.4. The molecule has 2 saturated heterocycles. The number of pyridine rings is 1. The Hall–Kier alpha value is -3.44. The minimum Gasteiger partial charge on any atom is -0.530 e. The van der Waals surface area contributed by atoms with Gasteiger partial charge in [-0.05, 0) is 63.1 Å². The first-order chi connectivity index (χ1) is 19.1. The molecule has 2 N–H and O–H groups in total. The van der Waals surface area contributed by atoms with Crippen LogP contribution in [0.3, 0.4) is 0 Å². The maximum absolute atomic E-state index is 15.0. The molecule has 0 saturated carbocycles. The second-order valence-corrected chi connectivity index (χ2v) is 10.8. The summed E-state index contributed by atoms with van der Waals surface area (Å²) in [5.74, 6) is -1.64. The maximum Gasteiger partial charge on any atom is 0.257 e. The van der Waals surface area contributed by atoms with E-state index >= 15 is 0 Å². The number of aromatic nitrogens is 1. The van der Waals surface area contributed by atoms with E-state index in [1.54, 1.807) is 26.0 Å². The van der Waals surface area contributed by atoms with E-state index in [2.05, 4.69) is 20.3 Å². The molecule has 2 aliphatic rings. The van der Waals surface area contributed by atoms with Gasteiger partial charge in [-0.3, -0.25) is 9.78 Å². The number of nitrogens with one attached hydrogen (secondary N) is 2. The zero-order valence-electron chi connectivity index (χ0n) is 22.3. The highest BCUT2D eigenvalue weighted by Crippen LogP contribution is 2.37. The number of hydrogen-bond acceptors (Lipinski definition) is 8. The predicted octanol–water partition coefficient (Wildman–Crippen LogP) is 3.65. The van der Waals surface area contributed by atoms with Gasteiger partial charge in [0.2, 0.25) is 11.0 Å². The van der Waals surface area contributed by atoms with Gasteiger partial charge in [-0.25, -0.2) is 4.39 Å². The van der Waals surface area contributed by atoms with Crippen LogP contribution in [0.25, 0.3) is 0 Å². The number of carbonyl (C=O) groups excluding carboxylic acids is 2. The number of amides is 2. The van der Waals surface area contributed by atoms with Gasteiger partial charge >= 0.3 is 0 Å². The predicted molar refractivity (Wildman–Crippen MR) is 141 cm³/mol. The van der Waals surface area contributed by atoms with Crippen molar-refractivity contribution in [2.75, 3.05) is 25.1 Å². The first-order valence-electron chi connectivity index (χ1n) is 13.1. The van der Waals surface area contributed by atoms with Crippen LogP contribution in [-0.4, -0.2) is 59.5 Å². The number of ether oxygens (including phenoxy) is 2. The maximum atomic E-state index is 15.0. The Morgan fingerprint density at radius 2 is 2.00 bits per heavy atom. The first kappa shape index (κ1) is 29.5. The lowest BCUT2D eigenvalue weighted by atomic mass is 9.76. The summed E-state index contributed by atoms with van der Waals surface area (Å²) >= 11 is 6.10. The van der Waals surface area contributed by atoms with Crippen LogP contribution in [0.15, 0.2) is 41.8 Å². The lowest BCUT2D eigenvalue weighted by Gasteiger charge is -2.35. The molecule has 40 heavy (non-hydrogen) atoms. The second kappa shape index (κ2) is 12.8. The molecule has 0 aliphatic carbocycles. The molecule has 3 heterocycles. The van der Waals surface area contributed by atoms with Crippen molar-refractivity contribution in [3.63, 3.8) is 0 Å². The van der Waals surface area contributed by atoms with E-state index in [0.29, 0.717) is 31.1 Å². The largest absolute Gasteiger partial charge is 0.530 e. The fraction of sp³-hybridized carbons (Fsp3) is 0.519. The number of benzene rings is 1. The van der Waals surface area contributed by atoms with Crippen molar-refractivity contribution < 1.29 is 28.6 Å². The van der Waals surface area contributed by atoms with Crippen molar-refractivity contribution in [3.05, 3.63) is 58.6 Å². The van der Waals surface area contributed by atoms with Gasteiger partial charge in [0.15, 0.2) is 0 Å². The molecule has 2 aliphatic heterocycles. The average Bonchev–Trinajstić information content (AvgIpc) is 3.23. The molecule has 2 amide bonds. The molecule has 3 atom stereocenters. The monoisotopic (exact) mass is 574 g/mol. The van der Waals surface area contributed by atoms with Gasteiger partial charge in [-0.1, -0.05) is 23.7 Å². The van der Waals surface area contributed by atoms with Gasteiger partial charge in [-0.2, -0.15) is 0 Å². The smallest absolute Gasteiger partial charge is 0.257 e. The summed E-state index contributed by atoms with van der Waals surface area (Å²) in [6.07, 6.45) is 2.70. The molecule has 1 aromatic heterocycles. The molecule has 11 nitrogen and oxygen atoms in total. The van der Waals surface area contributed by atoms with Crippen molar-refractivity contribution in [3.8, 4) is 0 Å². The minimum atomic E-state index is -1.37. The van der Waals surface area contributed by atoms with Crippen LogP contribution in [0.4, 0.5) is 14.9 Å². The molecule has 0 bridgehead atoms. The van der Waals surface area contributed by atoms with Gasteiger partial charge in [0.1, 0.15) is 28.3 Å². The van der Waals surface area contributed by atoms with Gasteiger partial charge in [-0.15, -0.1) is 0 Å². The van der Waals surface area contributed by atoms with E-state index in [1.807, 2.05) is 12.1 Å². The van der Waals surface area contributed by atoms with Crippen molar-refractivity contribution in [1.82, 2.24) is 14.8 Å². The number of carboxylic acid groups (broad SMARTS) is 1. The highest BCUT2D eigenvalue weighted by Gasteiger charge is 2.42. The summed E-state index contributed by atoms with van der Waals surface area (Å²) in [4.78, 5) is 33.7. The number of rotatable bonds is 9. The summed E-state index contributed by atoms with van der Waals surface area (Å²) in [6, 6.07) is 5.47. The molecule has 4 rings (SSSR count). The number of carbonyl (C=O) groups is 2. The Morgan fingerprint density at radius 1 is 1.30 bits per heavy atom. The van der Waals surface area contributed by atoms with Gasteiger partial charge in [0, 0.05) is 29.7 Å². The first-order valence-corrected chi connectivity index (χ1v) is 13.5. The summed E-state index contributed by atoms with van der Waals surface area (Å²) in [5, 5.41) is 19.0. The number of anilines is 1. The summed E-state index contributed by atoms with van der Waals surface area (Å²) in [5.41, 5.74) is 7.48. The van der Waals surface area contributed by atoms with Gasteiger partial charge < -0.3 is 29.6 Å². The van der Waals surface area contributed by atoms with E-state index in [9.17, 15) is 19.1 Å². The Kier molecular flexibility index (Phi) is 9.47. The Morgan fingerprint density at radius 3 is 2.65 bits per heavy atom. The van der Waals surface area contributed by atoms with E-state index in [1.165, 1.54) is 6.20 Å². The normalized spacial score (nSPS) is 20.4. The third kappa shape index (κ3) is 6.64. The van der Waals surface area contributed by atoms with Crippen molar-refractivity contribution in [1.29, 1.82) is 5.53 Å². The van der Waals surface area contributed by atoms with Crippen LogP contribution in [-0.2, 0) is 20.7 Å². The standard InChI is InChI=1S/C27H32ClFN6O5/c1-27(2)35(26(37)38)19(15-40-27)7-8-20-21(29)13-31-14-22(20)32-25(36)24(33-34-30)23(17-9-11-39-12-10-17)16-3-5-18(28)6-4-16/h3-6,13-14,17,19,23-24,30H,7-12,15H2,1-2H3,(H-,32,36,37,38)/t19?,23-,24-/m0/s1. The molecule has 0 spiro atoms. The molecule has 2 fully saturated rings. The van der Waals surface area contributed by atoms with Crippen LogP contribution >= 0.6 is 11.6 Å². The summed E-state index contributed by atoms with van der Waals surface area (Å²) < 4.78 is 26.1. The Balaban J connectivity index is 1.59. The molecule has 1 unspecified atom stereocenters. The molecule has 1 aromatic carbocycles. The molecule has 214 valence electrons. The van der Waals surface area contributed by atoms with Gasteiger partial charge in [0.25, 0.3) is 5.91 Å². The molecular weight excluding hydrogens is 543 g/mol. The quantitative estimate of drug-likeness (QED) is 0.344. The molecule has 0 radical (unpaired) electrons. The van der Waals surface area contributed by atoms with Crippen molar-refractivity contribution in [2.45, 2.75) is 63.3 Å². The van der Waals surface area contributed by atoms with Crippen LogP contribution < -0.4 is 15.3 Å². The molecule has 13 heteroatoms. The number of hydrogen-bond donors (Lipinski definition) is 2. The SMILES string of the molecule is CC1(C)OCC(CCc2c(F)cncc2NC(=O)[C@@H](N=[N+]=N)[C@@H](c2ccc(Cl)cc2)C2CCOCC2)N1C(=O)[O-]. The Labute approximate surface area is 236 Å². The zero-order chi connectivity index (χ0) is 28.9. The molecular formula is C27H32ClFN6O5.